The molecule has 0 spiro atoms. The van der Waals surface area contributed by atoms with Crippen LogP contribution in [0.25, 0.3) is 0 Å². The van der Waals surface area contributed by atoms with Gasteiger partial charge in [-0.25, -0.2) is 0 Å². The van der Waals surface area contributed by atoms with Crippen molar-refractivity contribution in [3.8, 4) is 0 Å². The highest BCUT2D eigenvalue weighted by molar-refractivity contribution is 7.87. The molecule has 0 bridgehead atoms. The number of aliphatic hydroxyl groups excluding tert-OH is 1. The number of hydrogen-bond acceptors (Lipinski definition) is 3. The summed E-state index contributed by atoms with van der Waals surface area (Å²) in [5.74, 6) is 0.337. The van der Waals surface area contributed by atoms with E-state index >= 15 is 0 Å². The summed E-state index contributed by atoms with van der Waals surface area (Å²) in [5.41, 5.74) is 0. The molecule has 5 nitrogen and oxygen atoms in total. The van der Waals surface area contributed by atoms with Crippen molar-refractivity contribution in [1.82, 2.24) is 9.44 Å². The third-order valence-corrected chi connectivity index (χ3v) is 3.11. The summed E-state index contributed by atoms with van der Waals surface area (Å²) in [6.45, 7) is 7.27. The van der Waals surface area contributed by atoms with Crippen molar-refractivity contribution in [3.63, 3.8) is 0 Å². The van der Waals surface area contributed by atoms with Gasteiger partial charge in [0.05, 0.1) is 6.61 Å². The first-order chi connectivity index (χ1) is 6.76. The average Bonchev–Trinajstić information content (AvgIpc) is 1.98. The minimum atomic E-state index is -3.50. The normalized spacial score (nSPS) is 14.9. The second-order valence-corrected chi connectivity index (χ2v) is 5.88. The average molecular weight is 238 g/mol. The van der Waals surface area contributed by atoms with Crippen molar-refractivity contribution in [3.05, 3.63) is 0 Å². The number of rotatable bonds is 7. The molecule has 1 unspecified atom stereocenters. The summed E-state index contributed by atoms with van der Waals surface area (Å²) in [6.07, 6.45) is 0.621. The van der Waals surface area contributed by atoms with E-state index in [0.29, 0.717) is 12.3 Å². The van der Waals surface area contributed by atoms with Crippen LogP contribution in [0.2, 0.25) is 0 Å². The van der Waals surface area contributed by atoms with Crippen molar-refractivity contribution >= 4 is 10.2 Å². The van der Waals surface area contributed by atoms with Crippen LogP contribution in [-0.4, -0.2) is 32.2 Å². The second-order valence-electron chi connectivity index (χ2n) is 4.40. The van der Waals surface area contributed by atoms with E-state index in [0.717, 1.165) is 0 Å². The summed E-state index contributed by atoms with van der Waals surface area (Å²) in [7, 11) is -3.50. The second kappa shape index (κ2) is 6.42. The van der Waals surface area contributed by atoms with Gasteiger partial charge < -0.3 is 5.11 Å². The Morgan fingerprint density at radius 1 is 1.13 bits per heavy atom. The number of nitrogens with one attached hydrogen (secondary N) is 2. The minimum Gasteiger partial charge on any atom is -0.395 e. The van der Waals surface area contributed by atoms with E-state index in [1.54, 1.807) is 13.8 Å². The minimum absolute atomic E-state index is 0.152. The van der Waals surface area contributed by atoms with Crippen molar-refractivity contribution in [2.75, 3.05) is 6.61 Å². The van der Waals surface area contributed by atoms with Crippen LogP contribution in [0, 0.1) is 5.92 Å². The van der Waals surface area contributed by atoms with Crippen molar-refractivity contribution in [1.29, 1.82) is 0 Å². The van der Waals surface area contributed by atoms with Crippen LogP contribution in [0.5, 0.6) is 0 Å². The molecule has 0 saturated carbocycles. The van der Waals surface area contributed by atoms with Gasteiger partial charge in [0.25, 0.3) is 10.2 Å². The molecule has 0 aliphatic carbocycles. The van der Waals surface area contributed by atoms with Crippen LogP contribution in [0.4, 0.5) is 0 Å². The molecule has 0 saturated heterocycles. The quantitative estimate of drug-likeness (QED) is 0.594. The Hall–Kier alpha value is -0.170. The monoisotopic (exact) mass is 238 g/mol. The predicted molar refractivity (Wildman–Crippen MR) is 60.7 cm³/mol. The molecule has 0 radical (unpaired) electrons. The van der Waals surface area contributed by atoms with Gasteiger partial charge in [0.2, 0.25) is 0 Å². The van der Waals surface area contributed by atoms with E-state index in [1.807, 2.05) is 13.8 Å². The van der Waals surface area contributed by atoms with Gasteiger partial charge in [-0.1, -0.05) is 13.8 Å². The van der Waals surface area contributed by atoms with E-state index in [-0.39, 0.29) is 12.6 Å². The maximum atomic E-state index is 11.5. The molecule has 0 fully saturated rings. The molecule has 0 aromatic rings. The first kappa shape index (κ1) is 14.8. The first-order valence-corrected chi connectivity index (χ1v) is 6.65. The van der Waals surface area contributed by atoms with Gasteiger partial charge in [0.15, 0.2) is 0 Å². The van der Waals surface area contributed by atoms with Gasteiger partial charge >= 0.3 is 0 Å². The summed E-state index contributed by atoms with van der Waals surface area (Å²) >= 11 is 0. The highest BCUT2D eigenvalue weighted by atomic mass is 32.2. The molecule has 1 atom stereocenters. The Morgan fingerprint density at radius 3 is 2.00 bits per heavy atom. The number of hydrogen-bond donors (Lipinski definition) is 3. The molecule has 0 aliphatic rings. The SMILES string of the molecule is CC(C)CC(CO)NS(=O)(=O)NC(C)C. The molecule has 15 heavy (non-hydrogen) atoms. The van der Waals surface area contributed by atoms with Crippen LogP contribution < -0.4 is 9.44 Å². The zero-order chi connectivity index (χ0) is 12.1. The van der Waals surface area contributed by atoms with Crippen LogP contribution in [-0.2, 0) is 10.2 Å². The molecule has 0 aliphatic heterocycles. The zero-order valence-corrected chi connectivity index (χ0v) is 10.6. The fourth-order valence-electron chi connectivity index (χ4n) is 1.29. The van der Waals surface area contributed by atoms with Crippen molar-refractivity contribution < 1.29 is 13.5 Å². The molecule has 0 rings (SSSR count). The lowest BCUT2D eigenvalue weighted by molar-refractivity contribution is 0.239. The zero-order valence-electron chi connectivity index (χ0n) is 9.82. The fourth-order valence-corrected chi connectivity index (χ4v) is 2.59. The summed E-state index contributed by atoms with van der Waals surface area (Å²) in [4.78, 5) is 0. The highest BCUT2D eigenvalue weighted by Gasteiger charge is 2.18. The van der Waals surface area contributed by atoms with Crippen LogP contribution in [0.15, 0.2) is 0 Å². The lowest BCUT2D eigenvalue weighted by atomic mass is 10.1. The smallest absolute Gasteiger partial charge is 0.277 e. The lowest BCUT2D eigenvalue weighted by Crippen LogP contribution is -2.46. The Morgan fingerprint density at radius 2 is 1.67 bits per heavy atom. The lowest BCUT2D eigenvalue weighted by Gasteiger charge is -2.19. The standard InChI is InChI=1S/C9H22N2O3S/c1-7(2)5-9(6-12)11-15(13,14)10-8(3)4/h7-12H,5-6H2,1-4H3. The largest absolute Gasteiger partial charge is 0.395 e. The Bertz CT molecular complexity index is 263. The first-order valence-electron chi connectivity index (χ1n) is 5.17. The third kappa shape index (κ3) is 7.72. The maximum Gasteiger partial charge on any atom is 0.277 e. The van der Waals surface area contributed by atoms with E-state index in [2.05, 4.69) is 9.44 Å². The van der Waals surface area contributed by atoms with Crippen LogP contribution in [0.1, 0.15) is 34.1 Å². The maximum absolute atomic E-state index is 11.5. The molecular weight excluding hydrogens is 216 g/mol. The van der Waals surface area contributed by atoms with Gasteiger partial charge in [-0.2, -0.15) is 17.9 Å². The number of aliphatic hydroxyl groups is 1. The van der Waals surface area contributed by atoms with E-state index < -0.39 is 16.3 Å². The Labute approximate surface area is 92.4 Å². The van der Waals surface area contributed by atoms with E-state index in [4.69, 9.17) is 5.11 Å². The Kier molecular flexibility index (Phi) is 6.35. The fraction of sp³-hybridized carbons (Fsp3) is 1.00. The molecule has 6 heteroatoms. The van der Waals surface area contributed by atoms with E-state index in [9.17, 15) is 8.42 Å². The van der Waals surface area contributed by atoms with Gasteiger partial charge in [-0.05, 0) is 26.2 Å². The Balaban J connectivity index is 4.28. The van der Waals surface area contributed by atoms with Crippen LogP contribution >= 0.6 is 0 Å². The highest BCUT2D eigenvalue weighted by Crippen LogP contribution is 2.04. The van der Waals surface area contributed by atoms with Gasteiger partial charge in [-0.3, -0.25) is 0 Å². The van der Waals surface area contributed by atoms with Crippen molar-refractivity contribution in [2.24, 2.45) is 5.92 Å². The summed E-state index contributed by atoms with van der Waals surface area (Å²) in [6, 6.07) is -0.567. The molecule has 0 amide bonds. The predicted octanol–water partition coefficient (Wildman–Crippen LogP) is 0.226. The molecule has 0 aromatic heterocycles. The molecular formula is C9H22N2O3S. The molecule has 0 heterocycles. The topological polar surface area (TPSA) is 78.4 Å². The third-order valence-electron chi connectivity index (χ3n) is 1.69. The van der Waals surface area contributed by atoms with Gasteiger partial charge in [0.1, 0.15) is 0 Å². The van der Waals surface area contributed by atoms with Gasteiger partial charge in [-0.15, -0.1) is 0 Å². The molecule has 92 valence electrons. The summed E-state index contributed by atoms with van der Waals surface area (Å²) < 4.78 is 27.7. The van der Waals surface area contributed by atoms with Crippen LogP contribution in [0.3, 0.4) is 0 Å². The van der Waals surface area contributed by atoms with Gasteiger partial charge in [0, 0.05) is 12.1 Å². The molecule has 3 N–H and O–H groups in total. The van der Waals surface area contributed by atoms with E-state index in [1.165, 1.54) is 0 Å². The molecule has 0 aromatic carbocycles. The van der Waals surface area contributed by atoms with Crippen molar-refractivity contribution in [2.45, 2.75) is 46.2 Å². The summed E-state index contributed by atoms with van der Waals surface area (Å²) in [5, 5.41) is 9.02.